The monoisotopic (exact) mass is 485 g/mol. The quantitative estimate of drug-likeness (QED) is 0.180. The van der Waals surface area contributed by atoms with Gasteiger partial charge < -0.3 is 32.5 Å². The highest BCUT2D eigenvalue weighted by atomic mass is 16.4. The van der Waals surface area contributed by atoms with Crippen LogP contribution in [0.3, 0.4) is 0 Å². The molecule has 0 heterocycles. The van der Waals surface area contributed by atoms with Crippen molar-refractivity contribution in [1.82, 2.24) is 16.0 Å². The number of carboxylic acids is 1. The summed E-state index contributed by atoms with van der Waals surface area (Å²) < 4.78 is 0. The van der Waals surface area contributed by atoms with Crippen LogP contribution in [0.5, 0.6) is 0 Å². The second kappa shape index (κ2) is 15.3. The zero-order chi connectivity index (χ0) is 26.6. The highest BCUT2D eigenvalue weighted by Crippen LogP contribution is 2.11. The fourth-order valence-corrected chi connectivity index (χ4v) is 3.25. The number of rotatable bonds is 16. The van der Waals surface area contributed by atoms with Gasteiger partial charge in [-0.05, 0) is 30.6 Å². The number of carbonyl (C=O) groups excluding carboxylic acids is 4. The summed E-state index contributed by atoms with van der Waals surface area (Å²) in [4.78, 5) is 61.4. The Morgan fingerprint density at radius 2 is 1.29 bits per heavy atom. The molecule has 0 radical (unpaired) electrons. The van der Waals surface area contributed by atoms with Crippen LogP contribution < -0.4 is 27.4 Å². The lowest BCUT2D eigenvalue weighted by atomic mass is 9.97. The molecule has 34 heavy (non-hydrogen) atoms. The summed E-state index contributed by atoms with van der Waals surface area (Å²) in [5.74, 6) is -4.13. The molecular formula is C23H43N5O6. The van der Waals surface area contributed by atoms with Crippen molar-refractivity contribution in [3.8, 4) is 0 Å². The van der Waals surface area contributed by atoms with E-state index in [2.05, 4.69) is 16.0 Å². The maximum Gasteiger partial charge on any atom is 0.326 e. The third-order valence-electron chi connectivity index (χ3n) is 5.99. The summed E-state index contributed by atoms with van der Waals surface area (Å²) >= 11 is 0. The minimum absolute atomic E-state index is 0.0376. The standard InChI is InChI=1S/C23H43N5O6/c1-7-13(5)18(25)22(32)27-16(11-12(3)4)21(31)26-15(9-10-17(24)29)20(30)28-19(23(33)34)14(6)8-2/h12-16,18-19H,7-11,25H2,1-6H3,(H2,24,29)(H,26,31)(H,27,32)(H,28,30)(H,33,34). The van der Waals surface area contributed by atoms with Crippen molar-refractivity contribution in [3.05, 3.63) is 0 Å². The van der Waals surface area contributed by atoms with Gasteiger partial charge in [0, 0.05) is 6.42 Å². The maximum absolute atomic E-state index is 13.1. The molecule has 0 saturated carbocycles. The third-order valence-corrected chi connectivity index (χ3v) is 5.99. The SMILES string of the molecule is CCC(C)C(N)C(=O)NC(CC(C)C)C(=O)NC(CCC(N)=O)C(=O)NC(C(=O)O)C(C)CC. The van der Waals surface area contributed by atoms with E-state index < -0.39 is 53.8 Å². The molecule has 0 aliphatic heterocycles. The van der Waals surface area contributed by atoms with Crippen molar-refractivity contribution in [2.75, 3.05) is 0 Å². The van der Waals surface area contributed by atoms with Gasteiger partial charge in [-0.15, -0.1) is 0 Å². The van der Waals surface area contributed by atoms with E-state index in [4.69, 9.17) is 11.5 Å². The average Bonchev–Trinajstić information content (AvgIpc) is 2.76. The van der Waals surface area contributed by atoms with E-state index in [1.807, 2.05) is 27.7 Å². The number of nitrogens with one attached hydrogen (secondary N) is 3. The van der Waals surface area contributed by atoms with E-state index in [9.17, 15) is 29.1 Å². The molecule has 0 aliphatic rings. The van der Waals surface area contributed by atoms with Gasteiger partial charge in [0.25, 0.3) is 0 Å². The molecule has 11 nitrogen and oxygen atoms in total. The lowest BCUT2D eigenvalue weighted by Gasteiger charge is -2.27. The number of aliphatic carboxylic acids is 1. The molecule has 0 aromatic rings. The Kier molecular flexibility index (Phi) is 14.1. The zero-order valence-electron chi connectivity index (χ0n) is 21.2. The van der Waals surface area contributed by atoms with Crippen molar-refractivity contribution in [2.24, 2.45) is 29.2 Å². The summed E-state index contributed by atoms with van der Waals surface area (Å²) in [5.41, 5.74) is 11.2. The van der Waals surface area contributed by atoms with Crippen LogP contribution in [0.2, 0.25) is 0 Å². The van der Waals surface area contributed by atoms with Gasteiger partial charge in [0.1, 0.15) is 18.1 Å². The van der Waals surface area contributed by atoms with Gasteiger partial charge in [-0.1, -0.05) is 54.4 Å². The van der Waals surface area contributed by atoms with Crippen LogP contribution in [0, 0.1) is 17.8 Å². The molecule has 0 fully saturated rings. The van der Waals surface area contributed by atoms with E-state index >= 15 is 0 Å². The molecule has 0 aromatic heterocycles. The minimum atomic E-state index is -1.21. The Balaban J connectivity index is 5.66. The highest BCUT2D eigenvalue weighted by Gasteiger charge is 2.32. The summed E-state index contributed by atoms with van der Waals surface area (Å²) in [7, 11) is 0. The Labute approximate surface area is 202 Å². The Morgan fingerprint density at radius 3 is 1.74 bits per heavy atom. The van der Waals surface area contributed by atoms with Gasteiger partial charge in [-0.3, -0.25) is 19.2 Å². The van der Waals surface area contributed by atoms with Crippen LogP contribution in [0.15, 0.2) is 0 Å². The molecule has 0 bridgehead atoms. The molecule has 8 N–H and O–H groups in total. The topological polar surface area (TPSA) is 194 Å². The summed E-state index contributed by atoms with van der Waals surface area (Å²) in [6.45, 7) is 11.0. The van der Waals surface area contributed by atoms with Crippen molar-refractivity contribution in [3.63, 3.8) is 0 Å². The van der Waals surface area contributed by atoms with Gasteiger partial charge in [0.15, 0.2) is 0 Å². The van der Waals surface area contributed by atoms with Crippen LogP contribution in [-0.2, 0) is 24.0 Å². The predicted octanol–water partition coefficient (Wildman–Crippen LogP) is 0.257. The Hall–Kier alpha value is -2.69. The van der Waals surface area contributed by atoms with Gasteiger partial charge >= 0.3 is 5.97 Å². The van der Waals surface area contributed by atoms with Crippen molar-refractivity contribution < 1.29 is 29.1 Å². The fourth-order valence-electron chi connectivity index (χ4n) is 3.25. The van der Waals surface area contributed by atoms with E-state index in [0.29, 0.717) is 19.3 Å². The van der Waals surface area contributed by atoms with Gasteiger partial charge in [0.05, 0.1) is 6.04 Å². The number of carboxylic acid groups (broad SMARTS) is 1. The molecule has 196 valence electrons. The van der Waals surface area contributed by atoms with Crippen molar-refractivity contribution >= 4 is 29.6 Å². The summed E-state index contributed by atoms with van der Waals surface area (Å²) in [6, 6.07) is -4.13. The summed E-state index contributed by atoms with van der Waals surface area (Å²) in [5, 5.41) is 17.1. The van der Waals surface area contributed by atoms with Gasteiger partial charge in [-0.2, -0.15) is 0 Å². The first kappa shape index (κ1) is 31.3. The normalized spacial score (nSPS) is 16.5. The van der Waals surface area contributed by atoms with Crippen molar-refractivity contribution in [2.45, 2.75) is 97.8 Å². The van der Waals surface area contributed by atoms with E-state index in [1.165, 1.54) is 0 Å². The van der Waals surface area contributed by atoms with Gasteiger partial charge in [0.2, 0.25) is 23.6 Å². The second-order valence-corrected chi connectivity index (χ2v) is 9.38. The molecular weight excluding hydrogens is 442 g/mol. The molecule has 0 aliphatic carbocycles. The molecule has 0 rings (SSSR count). The van der Waals surface area contributed by atoms with Crippen LogP contribution in [0.25, 0.3) is 0 Å². The molecule has 0 aromatic carbocycles. The molecule has 0 spiro atoms. The molecule has 11 heteroatoms. The van der Waals surface area contributed by atoms with E-state index in [-0.39, 0.29) is 30.6 Å². The van der Waals surface area contributed by atoms with Crippen molar-refractivity contribution in [1.29, 1.82) is 0 Å². The number of primary amides is 1. The Bertz CT molecular complexity index is 714. The van der Waals surface area contributed by atoms with Crippen LogP contribution in [0.1, 0.15) is 73.6 Å². The average molecular weight is 486 g/mol. The maximum atomic E-state index is 13.1. The lowest BCUT2D eigenvalue weighted by Crippen LogP contribution is -2.58. The first-order valence-electron chi connectivity index (χ1n) is 11.9. The molecule has 0 saturated heterocycles. The third kappa shape index (κ3) is 11.0. The molecule has 6 atom stereocenters. The largest absolute Gasteiger partial charge is 0.480 e. The fraction of sp³-hybridized carbons (Fsp3) is 0.783. The zero-order valence-corrected chi connectivity index (χ0v) is 21.2. The molecule has 4 amide bonds. The van der Waals surface area contributed by atoms with Crippen LogP contribution in [-0.4, -0.2) is 58.9 Å². The highest BCUT2D eigenvalue weighted by molar-refractivity contribution is 5.94. The lowest BCUT2D eigenvalue weighted by molar-refractivity contribution is -0.144. The summed E-state index contributed by atoms with van der Waals surface area (Å²) in [6.07, 6.45) is 1.17. The smallest absolute Gasteiger partial charge is 0.326 e. The first-order valence-corrected chi connectivity index (χ1v) is 11.9. The van der Waals surface area contributed by atoms with Crippen LogP contribution >= 0.6 is 0 Å². The number of hydrogen-bond donors (Lipinski definition) is 6. The van der Waals surface area contributed by atoms with E-state index in [0.717, 1.165) is 0 Å². The minimum Gasteiger partial charge on any atom is -0.480 e. The van der Waals surface area contributed by atoms with Crippen LogP contribution in [0.4, 0.5) is 0 Å². The number of nitrogens with two attached hydrogens (primary N) is 2. The van der Waals surface area contributed by atoms with E-state index in [1.54, 1.807) is 13.8 Å². The number of hydrogen-bond acceptors (Lipinski definition) is 6. The first-order chi connectivity index (χ1) is 15.7. The second-order valence-electron chi connectivity index (χ2n) is 9.38. The predicted molar refractivity (Wildman–Crippen MR) is 128 cm³/mol. The molecule has 6 unspecified atom stereocenters. The number of carbonyl (C=O) groups is 5. The van der Waals surface area contributed by atoms with Gasteiger partial charge in [-0.25, -0.2) is 4.79 Å². The number of amides is 4. The Morgan fingerprint density at radius 1 is 0.794 bits per heavy atom.